The minimum Gasteiger partial charge on any atom is -0.480 e. The van der Waals surface area contributed by atoms with Crippen molar-refractivity contribution in [3.05, 3.63) is 35.9 Å². The van der Waals surface area contributed by atoms with E-state index in [4.69, 9.17) is 0 Å². The van der Waals surface area contributed by atoms with E-state index in [-0.39, 0.29) is 5.91 Å². The maximum Gasteiger partial charge on any atom is 0.326 e. The number of hydrogen-bond acceptors (Lipinski definition) is 2. The van der Waals surface area contributed by atoms with Gasteiger partial charge in [0.1, 0.15) is 6.04 Å². The monoisotopic (exact) mass is 289 g/mol. The fourth-order valence-corrected chi connectivity index (χ4v) is 3.01. The van der Waals surface area contributed by atoms with Gasteiger partial charge in [-0.15, -0.1) is 0 Å². The lowest BCUT2D eigenvalue weighted by atomic mass is 10.0. The second-order valence-electron chi connectivity index (χ2n) is 5.90. The van der Waals surface area contributed by atoms with Crippen molar-refractivity contribution >= 4 is 11.9 Å². The van der Waals surface area contributed by atoms with Crippen molar-refractivity contribution in [3.8, 4) is 0 Å². The number of aliphatic carboxylic acids is 1. The third-order valence-corrected chi connectivity index (χ3v) is 4.36. The summed E-state index contributed by atoms with van der Waals surface area (Å²) in [5.41, 5.74) is 0.936. The van der Waals surface area contributed by atoms with E-state index in [1.54, 1.807) is 7.05 Å². The van der Waals surface area contributed by atoms with Crippen molar-refractivity contribution in [2.75, 3.05) is 7.05 Å². The zero-order valence-electron chi connectivity index (χ0n) is 12.5. The van der Waals surface area contributed by atoms with Gasteiger partial charge in [-0.2, -0.15) is 0 Å². The van der Waals surface area contributed by atoms with Crippen LogP contribution in [0.3, 0.4) is 0 Å². The van der Waals surface area contributed by atoms with Crippen LogP contribution in [0.15, 0.2) is 30.3 Å². The number of carboxylic acids is 1. The number of carbonyl (C=O) groups is 2. The Morgan fingerprint density at radius 3 is 2.43 bits per heavy atom. The Kier molecular flexibility index (Phi) is 5.37. The second-order valence-corrected chi connectivity index (χ2v) is 5.90. The van der Waals surface area contributed by atoms with Crippen LogP contribution in [0.25, 0.3) is 0 Å². The molecule has 1 aromatic rings. The summed E-state index contributed by atoms with van der Waals surface area (Å²) in [4.78, 5) is 25.2. The van der Waals surface area contributed by atoms with Crippen LogP contribution >= 0.6 is 0 Å². The largest absolute Gasteiger partial charge is 0.480 e. The molecule has 4 heteroatoms. The Morgan fingerprint density at radius 2 is 1.86 bits per heavy atom. The second kappa shape index (κ2) is 7.25. The lowest BCUT2D eigenvalue weighted by molar-refractivity contribution is -0.149. The SMILES string of the molecule is CN(C(=O)CC1CCCC1)C(Cc1ccccc1)C(=O)O. The van der Waals surface area contributed by atoms with Gasteiger partial charge in [-0.1, -0.05) is 43.2 Å². The van der Waals surface area contributed by atoms with E-state index in [9.17, 15) is 14.7 Å². The quantitative estimate of drug-likeness (QED) is 0.876. The number of benzene rings is 1. The van der Waals surface area contributed by atoms with Crippen LogP contribution in [0, 0.1) is 5.92 Å². The highest BCUT2D eigenvalue weighted by atomic mass is 16.4. The molecule has 114 valence electrons. The summed E-state index contributed by atoms with van der Waals surface area (Å²) in [6, 6.07) is 8.66. The molecule has 0 bridgehead atoms. The average molecular weight is 289 g/mol. The molecule has 4 nitrogen and oxygen atoms in total. The van der Waals surface area contributed by atoms with Gasteiger partial charge in [0, 0.05) is 19.9 Å². The number of rotatable bonds is 6. The molecule has 1 aromatic carbocycles. The predicted octanol–water partition coefficient (Wildman–Crippen LogP) is 2.72. The van der Waals surface area contributed by atoms with Gasteiger partial charge in [0.15, 0.2) is 0 Å². The minimum absolute atomic E-state index is 0.0507. The van der Waals surface area contributed by atoms with Crippen molar-refractivity contribution in [2.45, 2.75) is 44.6 Å². The molecule has 1 fully saturated rings. The lowest BCUT2D eigenvalue weighted by Crippen LogP contribution is -2.44. The normalized spacial score (nSPS) is 16.6. The molecule has 0 aromatic heterocycles. The summed E-state index contributed by atoms with van der Waals surface area (Å²) in [7, 11) is 1.61. The van der Waals surface area contributed by atoms with Crippen LogP contribution in [-0.4, -0.2) is 35.0 Å². The summed E-state index contributed by atoms with van der Waals surface area (Å²) in [5.74, 6) is -0.558. The van der Waals surface area contributed by atoms with Crippen molar-refractivity contribution in [2.24, 2.45) is 5.92 Å². The molecule has 1 atom stereocenters. The van der Waals surface area contributed by atoms with Gasteiger partial charge in [-0.3, -0.25) is 4.79 Å². The molecule has 1 amide bonds. The zero-order chi connectivity index (χ0) is 15.2. The Labute approximate surface area is 125 Å². The van der Waals surface area contributed by atoms with Gasteiger partial charge in [0.05, 0.1) is 0 Å². The van der Waals surface area contributed by atoms with Crippen LogP contribution in [0.5, 0.6) is 0 Å². The number of carbonyl (C=O) groups excluding carboxylic acids is 1. The number of nitrogens with zero attached hydrogens (tertiary/aromatic N) is 1. The van der Waals surface area contributed by atoms with Crippen molar-refractivity contribution in [1.29, 1.82) is 0 Å². The maximum atomic E-state index is 12.3. The van der Waals surface area contributed by atoms with Crippen molar-refractivity contribution < 1.29 is 14.7 Å². The van der Waals surface area contributed by atoms with E-state index >= 15 is 0 Å². The molecular formula is C17H23NO3. The molecule has 0 heterocycles. The van der Waals surface area contributed by atoms with Gasteiger partial charge >= 0.3 is 5.97 Å². The molecule has 1 aliphatic rings. The number of likely N-dealkylation sites (N-methyl/N-ethyl adjacent to an activating group) is 1. The summed E-state index contributed by atoms with van der Waals surface area (Å²) in [5, 5.41) is 9.42. The molecule has 1 N–H and O–H groups in total. The molecule has 0 spiro atoms. The maximum absolute atomic E-state index is 12.3. The van der Waals surface area contributed by atoms with Crippen LogP contribution in [0.2, 0.25) is 0 Å². The Morgan fingerprint density at radius 1 is 1.24 bits per heavy atom. The number of carboxylic acid groups (broad SMARTS) is 1. The third-order valence-electron chi connectivity index (χ3n) is 4.36. The molecule has 1 aliphatic carbocycles. The molecule has 0 radical (unpaired) electrons. The highest BCUT2D eigenvalue weighted by Crippen LogP contribution is 2.28. The van der Waals surface area contributed by atoms with E-state index in [1.807, 2.05) is 30.3 Å². The van der Waals surface area contributed by atoms with Crippen molar-refractivity contribution in [3.63, 3.8) is 0 Å². The van der Waals surface area contributed by atoms with E-state index in [2.05, 4.69) is 0 Å². The Hall–Kier alpha value is -1.84. The third kappa shape index (κ3) is 4.31. The average Bonchev–Trinajstić information content (AvgIpc) is 2.97. The van der Waals surface area contributed by atoms with Gasteiger partial charge in [-0.25, -0.2) is 4.79 Å². The summed E-state index contributed by atoms with van der Waals surface area (Å²) in [6.45, 7) is 0. The molecule has 21 heavy (non-hydrogen) atoms. The highest BCUT2D eigenvalue weighted by molar-refractivity contribution is 5.83. The Balaban J connectivity index is 1.99. The molecule has 2 rings (SSSR count). The first-order valence-electron chi connectivity index (χ1n) is 7.60. The van der Waals surface area contributed by atoms with E-state index < -0.39 is 12.0 Å². The van der Waals surface area contributed by atoms with Crippen LogP contribution < -0.4 is 0 Å². The fourth-order valence-electron chi connectivity index (χ4n) is 3.01. The highest BCUT2D eigenvalue weighted by Gasteiger charge is 2.28. The molecular weight excluding hydrogens is 266 g/mol. The number of amides is 1. The van der Waals surface area contributed by atoms with Gasteiger partial charge < -0.3 is 10.0 Å². The predicted molar refractivity (Wildman–Crippen MR) is 80.9 cm³/mol. The van der Waals surface area contributed by atoms with Gasteiger partial charge in [0.25, 0.3) is 0 Å². The molecule has 1 saturated carbocycles. The summed E-state index contributed by atoms with van der Waals surface area (Å²) in [6.07, 6.45) is 5.40. The first-order valence-corrected chi connectivity index (χ1v) is 7.60. The van der Waals surface area contributed by atoms with E-state index in [0.717, 1.165) is 18.4 Å². The Bertz CT molecular complexity index is 480. The first kappa shape index (κ1) is 15.5. The van der Waals surface area contributed by atoms with Crippen LogP contribution in [0.1, 0.15) is 37.7 Å². The molecule has 1 unspecified atom stereocenters. The van der Waals surface area contributed by atoms with Gasteiger partial charge in [-0.05, 0) is 24.3 Å². The van der Waals surface area contributed by atoms with Crippen LogP contribution in [-0.2, 0) is 16.0 Å². The summed E-state index contributed by atoms with van der Waals surface area (Å²) < 4.78 is 0. The molecule has 0 aliphatic heterocycles. The smallest absolute Gasteiger partial charge is 0.326 e. The van der Waals surface area contributed by atoms with Crippen molar-refractivity contribution in [1.82, 2.24) is 4.90 Å². The summed E-state index contributed by atoms with van der Waals surface area (Å²) >= 11 is 0. The minimum atomic E-state index is -0.943. The number of hydrogen-bond donors (Lipinski definition) is 1. The first-order chi connectivity index (χ1) is 10.1. The lowest BCUT2D eigenvalue weighted by Gasteiger charge is -2.26. The van der Waals surface area contributed by atoms with E-state index in [0.29, 0.717) is 18.8 Å². The molecule has 0 saturated heterocycles. The fraction of sp³-hybridized carbons (Fsp3) is 0.529. The van der Waals surface area contributed by atoms with E-state index in [1.165, 1.54) is 17.7 Å². The van der Waals surface area contributed by atoms with Gasteiger partial charge in [0.2, 0.25) is 5.91 Å². The zero-order valence-corrected chi connectivity index (χ0v) is 12.5. The standard InChI is InChI=1S/C17H23NO3/c1-18(16(19)12-14-9-5-6-10-14)15(17(20)21)11-13-7-3-2-4-8-13/h2-4,7-8,14-15H,5-6,9-12H2,1H3,(H,20,21). The topological polar surface area (TPSA) is 57.6 Å². The van der Waals surface area contributed by atoms with Crippen LogP contribution in [0.4, 0.5) is 0 Å².